The number of nitrogens with one attached hydrogen (secondary N) is 1. The summed E-state index contributed by atoms with van der Waals surface area (Å²) in [6.45, 7) is 4.80. The molecule has 0 spiro atoms. The lowest BCUT2D eigenvalue weighted by atomic mass is 9.96. The fourth-order valence-electron chi connectivity index (χ4n) is 2.33. The quantitative estimate of drug-likeness (QED) is 0.861. The van der Waals surface area contributed by atoms with Gasteiger partial charge in [-0.2, -0.15) is 0 Å². The summed E-state index contributed by atoms with van der Waals surface area (Å²) in [5, 5.41) is 4.12. The molecule has 0 bridgehead atoms. The van der Waals surface area contributed by atoms with Crippen molar-refractivity contribution >= 4 is 26.8 Å². The van der Waals surface area contributed by atoms with Crippen molar-refractivity contribution in [3.63, 3.8) is 0 Å². The average Bonchev–Trinajstić information content (AvgIpc) is 2.66. The van der Waals surface area contributed by atoms with E-state index in [-0.39, 0.29) is 10.8 Å². The van der Waals surface area contributed by atoms with E-state index < -0.39 is 9.84 Å². The first kappa shape index (κ1) is 14.2. The van der Waals surface area contributed by atoms with E-state index in [1.807, 2.05) is 0 Å². The summed E-state index contributed by atoms with van der Waals surface area (Å²) in [5.41, 5.74) is 0.124. The average molecular weight is 290 g/mol. The molecule has 2 rings (SSSR count). The van der Waals surface area contributed by atoms with E-state index in [1.165, 1.54) is 0 Å². The van der Waals surface area contributed by atoms with Crippen LogP contribution in [0, 0.1) is 0 Å². The Morgan fingerprint density at radius 3 is 2.94 bits per heavy atom. The third-order valence-electron chi connectivity index (χ3n) is 3.98. The van der Waals surface area contributed by atoms with E-state index >= 15 is 0 Å². The molecule has 2 heterocycles. The van der Waals surface area contributed by atoms with Gasteiger partial charge in [0.05, 0.1) is 17.5 Å². The van der Waals surface area contributed by atoms with Gasteiger partial charge in [0.15, 0.2) is 15.0 Å². The normalized spacial score (nSPS) is 37.7. The summed E-state index contributed by atoms with van der Waals surface area (Å²) in [6.07, 6.45) is 3.77. The number of nitrogens with zero attached hydrogens (tertiary/aromatic N) is 1. The molecule has 0 aromatic carbocycles. The van der Waals surface area contributed by atoms with E-state index in [1.54, 1.807) is 11.8 Å². The molecule has 18 heavy (non-hydrogen) atoms. The maximum atomic E-state index is 11.7. The predicted octanol–water partition coefficient (Wildman–Crippen LogP) is 1.81. The zero-order valence-corrected chi connectivity index (χ0v) is 12.7. The van der Waals surface area contributed by atoms with Crippen molar-refractivity contribution in [2.45, 2.75) is 50.3 Å². The molecule has 0 amide bonds. The van der Waals surface area contributed by atoms with E-state index in [0.717, 1.165) is 36.6 Å². The molecule has 2 aliphatic rings. The molecule has 6 heteroatoms. The van der Waals surface area contributed by atoms with Crippen LogP contribution in [-0.4, -0.2) is 42.4 Å². The summed E-state index contributed by atoms with van der Waals surface area (Å²) in [7, 11) is -2.87. The van der Waals surface area contributed by atoms with Gasteiger partial charge in [0.2, 0.25) is 0 Å². The Morgan fingerprint density at radius 1 is 1.56 bits per heavy atom. The largest absolute Gasteiger partial charge is 0.360 e. The van der Waals surface area contributed by atoms with Gasteiger partial charge in [0, 0.05) is 11.3 Å². The lowest BCUT2D eigenvalue weighted by Crippen LogP contribution is -2.48. The number of rotatable bonds is 3. The van der Waals surface area contributed by atoms with Crippen LogP contribution >= 0.6 is 11.8 Å². The fraction of sp³-hybridized carbons (Fsp3) is 0.917. The van der Waals surface area contributed by atoms with Gasteiger partial charge in [-0.3, -0.25) is 4.99 Å². The molecule has 2 saturated heterocycles. The Morgan fingerprint density at radius 2 is 2.33 bits per heavy atom. The fourth-order valence-corrected chi connectivity index (χ4v) is 5.29. The molecule has 0 aromatic rings. The monoisotopic (exact) mass is 290 g/mol. The van der Waals surface area contributed by atoms with Gasteiger partial charge in [-0.1, -0.05) is 18.7 Å². The third-order valence-corrected chi connectivity index (χ3v) is 7.15. The van der Waals surface area contributed by atoms with Crippen LogP contribution < -0.4 is 5.32 Å². The van der Waals surface area contributed by atoms with Crippen LogP contribution in [0.25, 0.3) is 0 Å². The molecule has 2 unspecified atom stereocenters. The molecular formula is C12H22N2O2S2. The first-order valence-corrected chi connectivity index (χ1v) is 9.32. The first-order valence-electron chi connectivity index (χ1n) is 6.62. The molecule has 0 aromatic heterocycles. The van der Waals surface area contributed by atoms with Crippen LogP contribution in [0.4, 0.5) is 0 Å². The van der Waals surface area contributed by atoms with Crippen molar-refractivity contribution in [1.82, 2.24) is 5.32 Å². The third kappa shape index (κ3) is 3.20. The maximum Gasteiger partial charge on any atom is 0.157 e. The van der Waals surface area contributed by atoms with E-state index in [9.17, 15) is 8.42 Å². The van der Waals surface area contributed by atoms with Crippen molar-refractivity contribution in [1.29, 1.82) is 0 Å². The summed E-state index contributed by atoms with van der Waals surface area (Å²) in [6, 6.07) is 0. The second-order valence-electron chi connectivity index (χ2n) is 5.41. The summed E-state index contributed by atoms with van der Waals surface area (Å²) >= 11 is 1.71. The summed E-state index contributed by atoms with van der Waals surface area (Å²) < 4.78 is 23.4. The highest BCUT2D eigenvalue weighted by Gasteiger charge is 2.32. The minimum absolute atomic E-state index is 0.124. The number of amidine groups is 1. The Hall–Kier alpha value is -0.230. The highest BCUT2D eigenvalue weighted by atomic mass is 32.2. The standard InChI is InChI=1S/C12H22N2O2S2/c1-3-12(2)6-7-17-11(14-12)13-9-10-5-4-8-18(10,15)16/h10H,3-9H2,1-2H3,(H,13,14). The Labute approximate surface area is 114 Å². The molecule has 2 atom stereocenters. The van der Waals surface area contributed by atoms with Gasteiger partial charge in [-0.25, -0.2) is 8.42 Å². The topological polar surface area (TPSA) is 58.5 Å². The van der Waals surface area contributed by atoms with E-state index in [2.05, 4.69) is 24.2 Å². The first-order chi connectivity index (χ1) is 8.45. The molecule has 2 aliphatic heterocycles. The van der Waals surface area contributed by atoms with Crippen molar-refractivity contribution in [2.75, 3.05) is 18.1 Å². The molecule has 0 aliphatic carbocycles. The van der Waals surface area contributed by atoms with Gasteiger partial charge in [0.1, 0.15) is 0 Å². The van der Waals surface area contributed by atoms with Crippen LogP contribution in [0.3, 0.4) is 0 Å². The van der Waals surface area contributed by atoms with Gasteiger partial charge in [-0.15, -0.1) is 0 Å². The van der Waals surface area contributed by atoms with Crippen LogP contribution in [0.1, 0.15) is 39.5 Å². The zero-order valence-electron chi connectivity index (χ0n) is 11.1. The van der Waals surface area contributed by atoms with Crippen LogP contribution in [0.5, 0.6) is 0 Å². The van der Waals surface area contributed by atoms with Crippen molar-refractivity contribution in [3.8, 4) is 0 Å². The lowest BCUT2D eigenvalue weighted by Gasteiger charge is -2.35. The van der Waals surface area contributed by atoms with Gasteiger partial charge in [0.25, 0.3) is 0 Å². The van der Waals surface area contributed by atoms with E-state index in [0.29, 0.717) is 12.3 Å². The van der Waals surface area contributed by atoms with Gasteiger partial charge < -0.3 is 5.32 Å². The van der Waals surface area contributed by atoms with Crippen LogP contribution in [-0.2, 0) is 9.84 Å². The minimum Gasteiger partial charge on any atom is -0.360 e. The highest BCUT2D eigenvalue weighted by molar-refractivity contribution is 8.13. The minimum atomic E-state index is -2.87. The van der Waals surface area contributed by atoms with Crippen LogP contribution in [0.15, 0.2) is 4.99 Å². The maximum absolute atomic E-state index is 11.7. The number of aliphatic imine (C=N–C) groups is 1. The second kappa shape index (κ2) is 5.41. The Kier molecular flexibility index (Phi) is 4.26. The Bertz CT molecular complexity index is 433. The molecule has 0 saturated carbocycles. The molecule has 0 radical (unpaired) electrons. The zero-order chi connectivity index (χ0) is 13.2. The van der Waals surface area contributed by atoms with E-state index in [4.69, 9.17) is 0 Å². The number of sulfone groups is 1. The van der Waals surface area contributed by atoms with Crippen LogP contribution in [0.2, 0.25) is 0 Å². The predicted molar refractivity (Wildman–Crippen MR) is 78.0 cm³/mol. The van der Waals surface area contributed by atoms with Gasteiger partial charge >= 0.3 is 0 Å². The highest BCUT2D eigenvalue weighted by Crippen LogP contribution is 2.26. The molecule has 104 valence electrons. The summed E-state index contributed by atoms with van der Waals surface area (Å²) in [5.74, 6) is 1.41. The summed E-state index contributed by atoms with van der Waals surface area (Å²) in [4.78, 5) is 4.49. The number of thioether (sulfide) groups is 1. The SMILES string of the molecule is CCC1(C)CCSC(=NCC2CCCS2(=O)=O)N1. The molecule has 2 fully saturated rings. The van der Waals surface area contributed by atoms with Gasteiger partial charge in [-0.05, 0) is 32.6 Å². The smallest absolute Gasteiger partial charge is 0.157 e. The van der Waals surface area contributed by atoms with Crippen molar-refractivity contribution in [2.24, 2.45) is 4.99 Å². The number of hydrogen-bond donors (Lipinski definition) is 1. The second-order valence-corrected chi connectivity index (χ2v) is 8.90. The Balaban J connectivity index is 1.97. The van der Waals surface area contributed by atoms with Crippen molar-refractivity contribution < 1.29 is 8.42 Å². The molecule has 4 nitrogen and oxygen atoms in total. The van der Waals surface area contributed by atoms with Crippen molar-refractivity contribution in [3.05, 3.63) is 0 Å². The molecule has 1 N–H and O–H groups in total. The lowest BCUT2D eigenvalue weighted by molar-refractivity contribution is 0.390. The number of hydrogen-bond acceptors (Lipinski definition) is 4. The molecular weight excluding hydrogens is 268 g/mol.